The highest BCUT2D eigenvalue weighted by Crippen LogP contribution is 2.22. The van der Waals surface area contributed by atoms with Crippen molar-refractivity contribution >= 4 is 5.78 Å². The van der Waals surface area contributed by atoms with E-state index in [2.05, 4.69) is 17.2 Å². The van der Waals surface area contributed by atoms with E-state index in [4.69, 9.17) is 4.74 Å². The van der Waals surface area contributed by atoms with E-state index in [0.29, 0.717) is 17.0 Å². The molecule has 0 spiro atoms. The number of aromatic nitrogens is 2. The molecule has 2 aromatic carbocycles. The number of aryl methyl sites for hydroxylation is 1. The summed E-state index contributed by atoms with van der Waals surface area (Å²) in [5.41, 5.74) is 4.34. The van der Waals surface area contributed by atoms with E-state index in [0.717, 1.165) is 16.8 Å². The molecule has 0 amide bonds. The standard InChI is InChI=1S/C22H24N2O3/c1-15-22(17(3)25)16(2)24(23-15)13-20(26)14-27-21-11-9-19(10-12-21)18-7-5-4-6-8-18/h4-12,20,26H,13-14H2,1-3H3. The molecule has 1 unspecified atom stereocenters. The fraction of sp³-hybridized carbons (Fsp3) is 0.273. The molecule has 5 nitrogen and oxygen atoms in total. The third-order valence-electron chi connectivity index (χ3n) is 4.52. The molecule has 140 valence electrons. The van der Waals surface area contributed by atoms with Crippen LogP contribution in [0.5, 0.6) is 5.75 Å². The van der Waals surface area contributed by atoms with Crippen molar-refractivity contribution < 1.29 is 14.6 Å². The van der Waals surface area contributed by atoms with Gasteiger partial charge >= 0.3 is 0 Å². The molecule has 0 saturated heterocycles. The Kier molecular flexibility index (Phi) is 5.72. The third kappa shape index (κ3) is 4.44. The highest BCUT2D eigenvalue weighted by Gasteiger charge is 2.17. The monoisotopic (exact) mass is 364 g/mol. The second-order valence-electron chi connectivity index (χ2n) is 6.64. The molecule has 0 radical (unpaired) electrons. The van der Waals surface area contributed by atoms with Crippen LogP contribution in [0, 0.1) is 13.8 Å². The van der Waals surface area contributed by atoms with Crippen LogP contribution >= 0.6 is 0 Å². The highest BCUT2D eigenvalue weighted by molar-refractivity contribution is 5.96. The number of hydrogen-bond acceptors (Lipinski definition) is 4. The molecule has 3 aromatic rings. The average Bonchev–Trinajstić information content (AvgIpc) is 2.94. The maximum absolute atomic E-state index is 11.7. The first-order valence-electron chi connectivity index (χ1n) is 8.97. The fourth-order valence-corrected chi connectivity index (χ4v) is 3.20. The number of nitrogens with zero attached hydrogens (tertiary/aromatic N) is 2. The molecule has 0 aliphatic heterocycles. The third-order valence-corrected chi connectivity index (χ3v) is 4.52. The van der Waals surface area contributed by atoms with Crippen molar-refractivity contribution in [3.8, 4) is 16.9 Å². The van der Waals surface area contributed by atoms with Crippen molar-refractivity contribution in [1.82, 2.24) is 9.78 Å². The van der Waals surface area contributed by atoms with Crippen molar-refractivity contribution in [3.63, 3.8) is 0 Å². The quantitative estimate of drug-likeness (QED) is 0.648. The number of ketones is 1. The van der Waals surface area contributed by atoms with Crippen molar-refractivity contribution in [1.29, 1.82) is 0 Å². The van der Waals surface area contributed by atoms with Gasteiger partial charge in [-0.25, -0.2) is 0 Å². The summed E-state index contributed by atoms with van der Waals surface area (Å²) in [6.45, 7) is 5.60. The lowest BCUT2D eigenvalue weighted by molar-refractivity contribution is 0.0885. The highest BCUT2D eigenvalue weighted by atomic mass is 16.5. The van der Waals surface area contributed by atoms with Crippen molar-refractivity contribution in [2.45, 2.75) is 33.4 Å². The molecular formula is C22H24N2O3. The van der Waals surface area contributed by atoms with E-state index < -0.39 is 6.10 Å². The summed E-state index contributed by atoms with van der Waals surface area (Å²) >= 11 is 0. The van der Waals surface area contributed by atoms with Gasteiger partial charge in [0.1, 0.15) is 18.5 Å². The number of aliphatic hydroxyl groups excluding tert-OH is 1. The topological polar surface area (TPSA) is 64.4 Å². The number of carbonyl (C=O) groups excluding carboxylic acids is 1. The molecule has 1 aromatic heterocycles. The van der Waals surface area contributed by atoms with Gasteiger partial charge in [0.15, 0.2) is 5.78 Å². The van der Waals surface area contributed by atoms with Gasteiger partial charge in [-0.05, 0) is 44.0 Å². The molecule has 0 aliphatic carbocycles. The summed E-state index contributed by atoms with van der Waals surface area (Å²) in [5.74, 6) is 0.687. The van der Waals surface area contributed by atoms with Gasteiger partial charge in [0.2, 0.25) is 0 Å². The minimum atomic E-state index is -0.725. The smallest absolute Gasteiger partial charge is 0.163 e. The number of benzene rings is 2. The normalized spacial score (nSPS) is 12.0. The lowest BCUT2D eigenvalue weighted by Gasteiger charge is -2.14. The Morgan fingerprint density at radius 1 is 1.07 bits per heavy atom. The van der Waals surface area contributed by atoms with Crippen molar-refractivity contribution in [3.05, 3.63) is 71.5 Å². The summed E-state index contributed by atoms with van der Waals surface area (Å²) < 4.78 is 7.36. The molecule has 27 heavy (non-hydrogen) atoms. The maximum atomic E-state index is 11.7. The van der Waals surface area contributed by atoms with Gasteiger partial charge in [-0.1, -0.05) is 42.5 Å². The van der Waals surface area contributed by atoms with Crippen LogP contribution in [0.25, 0.3) is 11.1 Å². The molecule has 0 aliphatic rings. The van der Waals surface area contributed by atoms with Crippen LogP contribution in [0.2, 0.25) is 0 Å². The zero-order chi connectivity index (χ0) is 19.4. The van der Waals surface area contributed by atoms with Crippen LogP contribution in [0.4, 0.5) is 0 Å². The van der Waals surface area contributed by atoms with E-state index in [9.17, 15) is 9.90 Å². The Morgan fingerprint density at radius 2 is 1.70 bits per heavy atom. The first-order valence-corrected chi connectivity index (χ1v) is 8.97. The van der Waals surface area contributed by atoms with Gasteiger partial charge in [0, 0.05) is 5.69 Å². The Balaban J connectivity index is 1.59. The Labute approximate surface area is 159 Å². The van der Waals surface area contributed by atoms with Crippen LogP contribution in [0.3, 0.4) is 0 Å². The van der Waals surface area contributed by atoms with Gasteiger partial charge in [0.05, 0.1) is 17.8 Å². The number of hydrogen-bond donors (Lipinski definition) is 1. The summed E-state index contributed by atoms with van der Waals surface area (Å²) in [6.07, 6.45) is -0.725. The van der Waals surface area contributed by atoms with Crippen LogP contribution in [0.15, 0.2) is 54.6 Å². The Morgan fingerprint density at radius 3 is 2.30 bits per heavy atom. The van der Waals surface area contributed by atoms with E-state index in [1.807, 2.05) is 49.4 Å². The first kappa shape index (κ1) is 18.9. The minimum Gasteiger partial charge on any atom is -0.491 e. The summed E-state index contributed by atoms with van der Waals surface area (Å²) in [4.78, 5) is 11.7. The predicted molar refractivity (Wildman–Crippen MR) is 105 cm³/mol. The molecular weight excluding hydrogens is 340 g/mol. The molecule has 0 saturated carbocycles. The maximum Gasteiger partial charge on any atom is 0.163 e. The van der Waals surface area contributed by atoms with Crippen LogP contribution in [-0.2, 0) is 6.54 Å². The number of aliphatic hydroxyl groups is 1. The van der Waals surface area contributed by atoms with Gasteiger partial charge in [0.25, 0.3) is 0 Å². The number of rotatable bonds is 7. The molecule has 3 rings (SSSR count). The van der Waals surface area contributed by atoms with Gasteiger partial charge < -0.3 is 9.84 Å². The van der Waals surface area contributed by atoms with Crippen LogP contribution in [0.1, 0.15) is 28.7 Å². The molecule has 0 bridgehead atoms. The van der Waals surface area contributed by atoms with Gasteiger partial charge in [-0.3, -0.25) is 9.48 Å². The zero-order valence-corrected chi connectivity index (χ0v) is 15.8. The summed E-state index contributed by atoms with van der Waals surface area (Å²) in [7, 11) is 0. The molecule has 0 fully saturated rings. The lowest BCUT2D eigenvalue weighted by Crippen LogP contribution is -2.25. The number of carbonyl (C=O) groups is 1. The SMILES string of the molecule is CC(=O)c1c(C)nn(CC(O)COc2ccc(-c3ccccc3)cc2)c1C. The molecule has 1 N–H and O–H groups in total. The largest absolute Gasteiger partial charge is 0.491 e. The number of Topliss-reactive ketones (excluding diaryl/α,β-unsaturated/α-hetero) is 1. The van der Waals surface area contributed by atoms with Gasteiger partial charge in [-0.2, -0.15) is 5.10 Å². The Bertz CT molecular complexity index is 915. The van der Waals surface area contributed by atoms with E-state index in [1.165, 1.54) is 6.92 Å². The van der Waals surface area contributed by atoms with Gasteiger partial charge in [-0.15, -0.1) is 0 Å². The Hall–Kier alpha value is -2.92. The van der Waals surface area contributed by atoms with E-state index in [-0.39, 0.29) is 18.9 Å². The second kappa shape index (κ2) is 8.18. The molecule has 1 atom stereocenters. The van der Waals surface area contributed by atoms with Crippen molar-refractivity contribution in [2.75, 3.05) is 6.61 Å². The van der Waals surface area contributed by atoms with E-state index >= 15 is 0 Å². The fourth-order valence-electron chi connectivity index (χ4n) is 3.20. The van der Waals surface area contributed by atoms with Crippen LogP contribution in [-0.4, -0.2) is 33.4 Å². The predicted octanol–water partition coefficient (Wildman–Crippen LogP) is 3.81. The second-order valence-corrected chi connectivity index (χ2v) is 6.64. The summed E-state index contributed by atoms with van der Waals surface area (Å²) in [6, 6.07) is 17.9. The van der Waals surface area contributed by atoms with E-state index in [1.54, 1.807) is 11.6 Å². The minimum absolute atomic E-state index is 0.0134. The van der Waals surface area contributed by atoms with Crippen LogP contribution < -0.4 is 4.74 Å². The molecule has 5 heteroatoms. The molecule has 1 heterocycles. The number of ether oxygens (including phenoxy) is 1. The zero-order valence-electron chi connectivity index (χ0n) is 15.8. The lowest BCUT2D eigenvalue weighted by atomic mass is 10.1. The van der Waals surface area contributed by atoms with Crippen molar-refractivity contribution in [2.24, 2.45) is 0 Å². The summed E-state index contributed by atoms with van der Waals surface area (Å²) in [5, 5.41) is 14.6. The average molecular weight is 364 g/mol. The first-order chi connectivity index (χ1) is 13.0.